The van der Waals surface area contributed by atoms with Crippen LogP contribution in [0.2, 0.25) is 0 Å². The number of halogens is 1. The van der Waals surface area contributed by atoms with Gasteiger partial charge in [0.05, 0.1) is 12.8 Å². The Balaban J connectivity index is 2.91. The van der Waals surface area contributed by atoms with E-state index in [4.69, 9.17) is 4.74 Å². The largest absolute Gasteiger partial charge is 0.497 e. The van der Waals surface area contributed by atoms with Gasteiger partial charge in [-0.15, -0.1) is 0 Å². The smallest absolute Gasteiger partial charge is 0.280 e. The predicted octanol–water partition coefficient (Wildman–Crippen LogP) is 2.30. The molecule has 0 heterocycles. The Morgan fingerprint density at radius 2 is 2.31 bits per heavy atom. The van der Waals surface area contributed by atoms with Gasteiger partial charge in [0.1, 0.15) is 11.6 Å². The van der Waals surface area contributed by atoms with Crippen molar-refractivity contribution in [2.24, 2.45) is 0 Å². The molecule has 0 radical (unpaired) electrons. The minimum Gasteiger partial charge on any atom is -0.497 e. The van der Waals surface area contributed by atoms with E-state index in [-0.39, 0.29) is 5.69 Å². The maximum Gasteiger partial charge on any atom is 0.280 e. The van der Waals surface area contributed by atoms with Crippen molar-refractivity contribution in [1.82, 2.24) is 0 Å². The van der Waals surface area contributed by atoms with Gasteiger partial charge in [0.15, 0.2) is 0 Å². The molecule has 1 aromatic rings. The quantitative estimate of drug-likeness (QED) is 0.720. The van der Waals surface area contributed by atoms with Gasteiger partial charge in [-0.1, -0.05) is 12.6 Å². The Kier molecular flexibility index (Phi) is 3.13. The number of hydrogen-bond acceptors (Lipinski definition) is 2. The van der Waals surface area contributed by atoms with Crippen LogP contribution in [0.4, 0.5) is 14.9 Å². The topological polar surface area (TPSA) is 38.3 Å². The number of carbonyl (C=O) groups excluding carboxylic acids is 1. The standard InChI is InChI=1S/C8H8FNO2S/c1-12-5-2-3-7(6(9)4-5)10-8(11)13/h2-4H,1H3,(H2,10,11,13). The van der Waals surface area contributed by atoms with Gasteiger partial charge < -0.3 is 10.1 Å². The number of amides is 1. The highest BCUT2D eigenvalue weighted by atomic mass is 32.1. The summed E-state index contributed by atoms with van der Waals surface area (Å²) >= 11 is 3.46. The molecule has 0 bridgehead atoms. The first-order valence-electron chi connectivity index (χ1n) is 3.47. The molecule has 0 aliphatic rings. The first-order valence-corrected chi connectivity index (χ1v) is 3.91. The number of nitrogens with one attached hydrogen (secondary N) is 1. The van der Waals surface area contributed by atoms with E-state index in [1.807, 2.05) is 0 Å². The number of methoxy groups -OCH3 is 1. The molecule has 1 rings (SSSR count). The van der Waals surface area contributed by atoms with Crippen molar-refractivity contribution in [2.75, 3.05) is 12.4 Å². The van der Waals surface area contributed by atoms with Crippen molar-refractivity contribution in [3.05, 3.63) is 24.0 Å². The second-order valence-corrected chi connectivity index (χ2v) is 2.68. The molecule has 0 aromatic heterocycles. The van der Waals surface area contributed by atoms with E-state index in [2.05, 4.69) is 17.9 Å². The molecule has 0 aliphatic heterocycles. The van der Waals surface area contributed by atoms with Crippen molar-refractivity contribution in [1.29, 1.82) is 0 Å². The van der Waals surface area contributed by atoms with Crippen molar-refractivity contribution < 1.29 is 13.9 Å². The Bertz CT molecular complexity index is 330. The van der Waals surface area contributed by atoms with E-state index in [1.165, 1.54) is 19.2 Å². The lowest BCUT2D eigenvalue weighted by Crippen LogP contribution is -2.03. The van der Waals surface area contributed by atoms with Gasteiger partial charge in [0.25, 0.3) is 5.24 Å². The molecule has 0 unspecified atom stereocenters. The Morgan fingerprint density at radius 3 is 2.77 bits per heavy atom. The Hall–Kier alpha value is -1.23. The number of carbonyl (C=O) groups is 1. The molecule has 1 N–H and O–H groups in total. The second kappa shape index (κ2) is 4.13. The van der Waals surface area contributed by atoms with E-state index in [0.29, 0.717) is 5.75 Å². The predicted molar refractivity (Wildman–Crippen MR) is 51.0 cm³/mol. The maximum atomic E-state index is 13.1. The molecule has 13 heavy (non-hydrogen) atoms. The maximum absolute atomic E-state index is 13.1. The summed E-state index contributed by atoms with van der Waals surface area (Å²) in [6.45, 7) is 0. The molecule has 70 valence electrons. The van der Waals surface area contributed by atoms with Crippen LogP contribution in [0.1, 0.15) is 0 Å². The SMILES string of the molecule is COc1ccc(NC(=O)S)c(F)c1. The van der Waals surface area contributed by atoms with Crippen LogP contribution in [0.3, 0.4) is 0 Å². The minimum atomic E-state index is -0.607. The molecule has 0 atom stereocenters. The molecule has 0 aliphatic carbocycles. The number of hydrogen-bond donors (Lipinski definition) is 2. The second-order valence-electron chi connectivity index (χ2n) is 2.28. The third-order valence-electron chi connectivity index (χ3n) is 1.42. The zero-order chi connectivity index (χ0) is 9.84. The fourth-order valence-electron chi connectivity index (χ4n) is 0.839. The van der Waals surface area contributed by atoms with Gasteiger partial charge in [-0.05, 0) is 12.1 Å². The summed E-state index contributed by atoms with van der Waals surface area (Å²) in [5.74, 6) is -0.156. The van der Waals surface area contributed by atoms with Gasteiger partial charge in [-0.2, -0.15) is 0 Å². The summed E-state index contributed by atoms with van der Waals surface area (Å²) in [5.41, 5.74) is 0.0841. The van der Waals surface area contributed by atoms with Gasteiger partial charge in [0.2, 0.25) is 0 Å². The van der Waals surface area contributed by atoms with Crippen LogP contribution in [-0.2, 0) is 0 Å². The molecule has 0 saturated carbocycles. The molecule has 3 nitrogen and oxygen atoms in total. The molecule has 0 spiro atoms. The summed E-state index contributed by atoms with van der Waals surface area (Å²) in [4.78, 5) is 10.5. The van der Waals surface area contributed by atoms with Crippen LogP contribution in [0, 0.1) is 5.82 Å². The average molecular weight is 201 g/mol. The average Bonchev–Trinajstić information content (AvgIpc) is 2.08. The van der Waals surface area contributed by atoms with Crippen LogP contribution in [-0.4, -0.2) is 12.3 Å². The van der Waals surface area contributed by atoms with Crippen LogP contribution in [0.15, 0.2) is 18.2 Å². The first-order chi connectivity index (χ1) is 6.13. The summed E-state index contributed by atoms with van der Waals surface area (Å²) < 4.78 is 17.9. The van der Waals surface area contributed by atoms with E-state index in [0.717, 1.165) is 0 Å². The first kappa shape index (κ1) is 9.85. The van der Waals surface area contributed by atoms with E-state index in [1.54, 1.807) is 6.07 Å². The lowest BCUT2D eigenvalue weighted by atomic mass is 10.3. The van der Waals surface area contributed by atoms with Crippen molar-refractivity contribution in [3.63, 3.8) is 0 Å². The zero-order valence-corrected chi connectivity index (χ0v) is 7.77. The molecule has 1 aromatic carbocycles. The van der Waals surface area contributed by atoms with E-state index in [9.17, 15) is 9.18 Å². The number of thiol groups is 1. The molecule has 0 fully saturated rings. The number of anilines is 1. The highest BCUT2D eigenvalue weighted by molar-refractivity contribution is 7.96. The van der Waals surface area contributed by atoms with Gasteiger partial charge in [0, 0.05) is 6.07 Å². The lowest BCUT2D eigenvalue weighted by Gasteiger charge is -2.04. The third-order valence-corrected chi connectivity index (χ3v) is 1.53. The van der Waals surface area contributed by atoms with Crippen molar-refractivity contribution >= 4 is 23.6 Å². The van der Waals surface area contributed by atoms with Crippen molar-refractivity contribution in [2.45, 2.75) is 0 Å². The molecule has 1 amide bonds. The number of benzene rings is 1. The van der Waals surface area contributed by atoms with Gasteiger partial charge in [-0.3, -0.25) is 4.79 Å². The molecular weight excluding hydrogens is 193 g/mol. The summed E-state index contributed by atoms with van der Waals surface area (Å²) in [7, 11) is 1.44. The van der Waals surface area contributed by atoms with Crippen LogP contribution < -0.4 is 10.1 Å². The molecule has 5 heteroatoms. The summed E-state index contributed by atoms with van der Waals surface area (Å²) in [6, 6.07) is 4.13. The summed E-state index contributed by atoms with van der Waals surface area (Å²) in [6.07, 6.45) is 0. The highest BCUT2D eigenvalue weighted by Gasteiger charge is 2.04. The molecular formula is C8H8FNO2S. The van der Waals surface area contributed by atoms with Crippen LogP contribution >= 0.6 is 12.6 Å². The minimum absolute atomic E-state index is 0.0841. The number of rotatable bonds is 2. The van der Waals surface area contributed by atoms with E-state index < -0.39 is 11.1 Å². The normalized spacial score (nSPS) is 9.46. The van der Waals surface area contributed by atoms with Crippen LogP contribution in [0.25, 0.3) is 0 Å². The Labute approximate surface area is 80.3 Å². The third kappa shape index (κ3) is 2.62. The summed E-state index contributed by atoms with van der Waals surface area (Å²) in [5, 5.41) is 1.61. The fraction of sp³-hybridized carbons (Fsp3) is 0.125. The Morgan fingerprint density at radius 1 is 1.62 bits per heavy atom. The van der Waals surface area contributed by atoms with Crippen LogP contribution in [0.5, 0.6) is 5.75 Å². The van der Waals surface area contributed by atoms with Gasteiger partial charge >= 0.3 is 0 Å². The zero-order valence-electron chi connectivity index (χ0n) is 6.87. The van der Waals surface area contributed by atoms with E-state index >= 15 is 0 Å². The lowest BCUT2D eigenvalue weighted by molar-refractivity contribution is 0.270. The van der Waals surface area contributed by atoms with Crippen molar-refractivity contribution in [3.8, 4) is 5.75 Å². The molecule has 0 saturated heterocycles. The monoisotopic (exact) mass is 201 g/mol. The number of ether oxygens (including phenoxy) is 1. The highest BCUT2D eigenvalue weighted by Crippen LogP contribution is 2.20. The van der Waals surface area contributed by atoms with Gasteiger partial charge in [-0.25, -0.2) is 4.39 Å². The fourth-order valence-corrected chi connectivity index (χ4v) is 0.960.